The summed E-state index contributed by atoms with van der Waals surface area (Å²) in [5, 5.41) is 0. The second kappa shape index (κ2) is 5.62. The standard InChI is InChI=1S/C13H16F2N2O/c1-4-5-17(8(2)3)13(18)9-6-12(16)11(15)7-10(9)14/h4,6-8H,1,5,16H2,2-3H3. The van der Waals surface area contributed by atoms with Gasteiger partial charge in [0, 0.05) is 18.7 Å². The van der Waals surface area contributed by atoms with Crippen molar-refractivity contribution in [3.63, 3.8) is 0 Å². The number of hydrogen-bond donors (Lipinski definition) is 1. The van der Waals surface area contributed by atoms with E-state index in [9.17, 15) is 13.6 Å². The number of nitrogens with zero attached hydrogens (tertiary/aromatic N) is 1. The maximum absolute atomic E-state index is 13.6. The molecule has 0 unspecified atom stereocenters. The normalized spacial score (nSPS) is 10.5. The molecule has 0 aromatic heterocycles. The summed E-state index contributed by atoms with van der Waals surface area (Å²) in [7, 11) is 0. The van der Waals surface area contributed by atoms with Crippen molar-refractivity contribution in [1.29, 1.82) is 0 Å². The molecule has 0 aliphatic heterocycles. The molecule has 0 saturated heterocycles. The van der Waals surface area contributed by atoms with Crippen LogP contribution in [0.25, 0.3) is 0 Å². The van der Waals surface area contributed by atoms with Gasteiger partial charge in [-0.25, -0.2) is 8.78 Å². The van der Waals surface area contributed by atoms with E-state index in [4.69, 9.17) is 5.73 Å². The van der Waals surface area contributed by atoms with E-state index < -0.39 is 17.5 Å². The van der Waals surface area contributed by atoms with Crippen molar-refractivity contribution >= 4 is 11.6 Å². The summed E-state index contributed by atoms with van der Waals surface area (Å²) in [6.45, 7) is 7.42. The molecule has 18 heavy (non-hydrogen) atoms. The third-order valence-electron chi connectivity index (χ3n) is 2.53. The molecule has 0 saturated carbocycles. The topological polar surface area (TPSA) is 46.3 Å². The first-order chi connectivity index (χ1) is 8.38. The van der Waals surface area contributed by atoms with Gasteiger partial charge in [-0.15, -0.1) is 6.58 Å². The van der Waals surface area contributed by atoms with Crippen LogP contribution in [-0.2, 0) is 0 Å². The molecule has 1 aromatic carbocycles. The van der Waals surface area contributed by atoms with Crippen LogP contribution in [0.2, 0.25) is 0 Å². The molecule has 0 heterocycles. The number of nitrogen functional groups attached to an aromatic ring is 1. The van der Waals surface area contributed by atoms with E-state index in [-0.39, 0.29) is 23.8 Å². The SMILES string of the molecule is C=CCN(C(=O)c1cc(N)c(F)cc1F)C(C)C. The van der Waals surface area contributed by atoms with E-state index in [1.54, 1.807) is 19.9 Å². The van der Waals surface area contributed by atoms with Crippen LogP contribution < -0.4 is 5.73 Å². The number of halogens is 2. The number of carbonyl (C=O) groups excluding carboxylic acids is 1. The maximum Gasteiger partial charge on any atom is 0.257 e. The summed E-state index contributed by atoms with van der Waals surface area (Å²) in [4.78, 5) is 13.5. The minimum absolute atomic E-state index is 0.124. The summed E-state index contributed by atoms with van der Waals surface area (Å²) in [6.07, 6.45) is 1.54. The third-order valence-corrected chi connectivity index (χ3v) is 2.53. The highest BCUT2D eigenvalue weighted by Crippen LogP contribution is 2.19. The van der Waals surface area contributed by atoms with E-state index in [1.807, 2.05) is 0 Å². The summed E-state index contributed by atoms with van der Waals surface area (Å²) < 4.78 is 26.6. The van der Waals surface area contributed by atoms with Crippen LogP contribution in [0.4, 0.5) is 14.5 Å². The van der Waals surface area contributed by atoms with E-state index in [1.165, 1.54) is 4.90 Å². The lowest BCUT2D eigenvalue weighted by molar-refractivity contribution is 0.0724. The lowest BCUT2D eigenvalue weighted by Gasteiger charge is -2.25. The van der Waals surface area contributed by atoms with Crippen LogP contribution in [0.1, 0.15) is 24.2 Å². The Morgan fingerprint density at radius 2 is 2.06 bits per heavy atom. The molecule has 0 spiro atoms. The molecular formula is C13H16F2N2O. The number of amides is 1. The van der Waals surface area contributed by atoms with E-state index in [2.05, 4.69) is 6.58 Å². The lowest BCUT2D eigenvalue weighted by Crippen LogP contribution is -2.37. The van der Waals surface area contributed by atoms with Crippen LogP contribution in [0.3, 0.4) is 0 Å². The molecule has 0 bridgehead atoms. The number of rotatable bonds is 4. The first-order valence-corrected chi connectivity index (χ1v) is 5.54. The van der Waals surface area contributed by atoms with Gasteiger partial charge in [0.1, 0.15) is 11.6 Å². The fraction of sp³-hybridized carbons (Fsp3) is 0.308. The third kappa shape index (κ3) is 2.85. The van der Waals surface area contributed by atoms with Gasteiger partial charge in [-0.3, -0.25) is 4.79 Å². The Morgan fingerprint density at radius 3 is 2.56 bits per heavy atom. The van der Waals surface area contributed by atoms with Gasteiger partial charge in [0.2, 0.25) is 0 Å². The minimum atomic E-state index is -0.915. The molecule has 1 amide bonds. The Bertz CT molecular complexity index is 472. The quantitative estimate of drug-likeness (QED) is 0.663. The van der Waals surface area contributed by atoms with Crippen LogP contribution in [0.15, 0.2) is 24.8 Å². The van der Waals surface area contributed by atoms with Gasteiger partial charge in [0.05, 0.1) is 11.3 Å². The maximum atomic E-state index is 13.6. The van der Waals surface area contributed by atoms with Crippen LogP contribution in [0, 0.1) is 11.6 Å². The molecule has 0 fully saturated rings. The average Bonchev–Trinajstić information content (AvgIpc) is 2.29. The molecule has 3 nitrogen and oxygen atoms in total. The molecule has 0 aliphatic carbocycles. The molecule has 2 N–H and O–H groups in total. The van der Waals surface area contributed by atoms with Crippen LogP contribution in [0.5, 0.6) is 0 Å². The zero-order chi connectivity index (χ0) is 13.9. The minimum Gasteiger partial charge on any atom is -0.396 e. The second-order valence-electron chi connectivity index (χ2n) is 4.19. The van der Waals surface area contributed by atoms with E-state index >= 15 is 0 Å². The Morgan fingerprint density at radius 1 is 1.44 bits per heavy atom. The van der Waals surface area contributed by atoms with Crippen molar-refractivity contribution in [2.75, 3.05) is 12.3 Å². The first kappa shape index (κ1) is 14.2. The largest absolute Gasteiger partial charge is 0.396 e. The van der Waals surface area contributed by atoms with Gasteiger partial charge in [-0.2, -0.15) is 0 Å². The van der Waals surface area contributed by atoms with Crippen molar-refractivity contribution in [3.05, 3.63) is 42.0 Å². The number of benzene rings is 1. The van der Waals surface area contributed by atoms with Gasteiger partial charge in [-0.05, 0) is 19.9 Å². The summed E-state index contributed by atoms with van der Waals surface area (Å²) in [5.74, 6) is -2.32. The molecule has 0 aliphatic rings. The average molecular weight is 254 g/mol. The van der Waals surface area contributed by atoms with Gasteiger partial charge in [0.15, 0.2) is 0 Å². The van der Waals surface area contributed by atoms with Crippen molar-refractivity contribution < 1.29 is 13.6 Å². The highest BCUT2D eigenvalue weighted by Gasteiger charge is 2.22. The van der Waals surface area contributed by atoms with E-state index in [0.717, 1.165) is 6.07 Å². The highest BCUT2D eigenvalue weighted by atomic mass is 19.1. The van der Waals surface area contributed by atoms with E-state index in [0.29, 0.717) is 6.07 Å². The Kier molecular flexibility index (Phi) is 4.42. The predicted octanol–water partition coefficient (Wildman–Crippen LogP) is 2.58. The molecule has 5 heteroatoms. The fourth-order valence-electron chi connectivity index (χ4n) is 1.55. The molecule has 1 rings (SSSR count). The summed E-state index contributed by atoms with van der Waals surface area (Å²) in [5.41, 5.74) is 4.86. The van der Waals surface area contributed by atoms with Crippen molar-refractivity contribution in [3.8, 4) is 0 Å². The van der Waals surface area contributed by atoms with Crippen LogP contribution in [-0.4, -0.2) is 23.4 Å². The zero-order valence-corrected chi connectivity index (χ0v) is 10.4. The van der Waals surface area contributed by atoms with Gasteiger partial charge in [-0.1, -0.05) is 6.08 Å². The number of carbonyl (C=O) groups is 1. The van der Waals surface area contributed by atoms with Gasteiger partial charge in [0.25, 0.3) is 5.91 Å². The molecular weight excluding hydrogens is 238 g/mol. The monoisotopic (exact) mass is 254 g/mol. The first-order valence-electron chi connectivity index (χ1n) is 5.54. The number of nitrogens with two attached hydrogens (primary N) is 1. The van der Waals surface area contributed by atoms with Crippen LogP contribution >= 0.6 is 0 Å². The fourth-order valence-corrected chi connectivity index (χ4v) is 1.55. The molecule has 0 atom stereocenters. The molecule has 0 radical (unpaired) electrons. The Labute approximate surface area is 105 Å². The van der Waals surface area contributed by atoms with Crippen molar-refractivity contribution in [2.24, 2.45) is 0 Å². The van der Waals surface area contributed by atoms with Crippen molar-refractivity contribution in [2.45, 2.75) is 19.9 Å². The lowest BCUT2D eigenvalue weighted by atomic mass is 10.1. The smallest absolute Gasteiger partial charge is 0.257 e. The van der Waals surface area contributed by atoms with Gasteiger partial charge < -0.3 is 10.6 Å². The number of anilines is 1. The predicted molar refractivity (Wildman–Crippen MR) is 67.1 cm³/mol. The number of hydrogen-bond acceptors (Lipinski definition) is 2. The second-order valence-corrected chi connectivity index (χ2v) is 4.19. The molecule has 98 valence electrons. The van der Waals surface area contributed by atoms with Crippen molar-refractivity contribution in [1.82, 2.24) is 4.90 Å². The Hall–Kier alpha value is -1.91. The zero-order valence-electron chi connectivity index (χ0n) is 10.4. The summed E-state index contributed by atoms with van der Waals surface area (Å²) in [6, 6.07) is 1.52. The van der Waals surface area contributed by atoms with Gasteiger partial charge >= 0.3 is 0 Å². The summed E-state index contributed by atoms with van der Waals surface area (Å²) >= 11 is 0. The Balaban J connectivity index is 3.16. The highest BCUT2D eigenvalue weighted by molar-refractivity contribution is 5.95. The molecule has 1 aromatic rings.